The first-order valence-corrected chi connectivity index (χ1v) is 13.5. The van der Waals surface area contributed by atoms with E-state index in [2.05, 4.69) is 9.55 Å². The van der Waals surface area contributed by atoms with Crippen molar-refractivity contribution >= 4 is 56.0 Å². The van der Waals surface area contributed by atoms with Crippen LogP contribution in [0, 0.1) is 0 Å². The number of hydrogen-bond donors (Lipinski definition) is 0. The van der Waals surface area contributed by atoms with Crippen LogP contribution in [-0.4, -0.2) is 47.5 Å². The first-order valence-electron chi connectivity index (χ1n) is 10.9. The summed E-state index contributed by atoms with van der Waals surface area (Å²) in [4.78, 5) is 9.51. The highest BCUT2D eigenvalue weighted by molar-refractivity contribution is 7.89. The average Bonchev–Trinajstić information content (AvgIpc) is 3.23. The van der Waals surface area contributed by atoms with Gasteiger partial charge in [0.05, 0.1) is 22.1 Å². The average molecular weight is 552 g/mol. The van der Waals surface area contributed by atoms with Crippen LogP contribution in [0.5, 0.6) is 5.75 Å². The third-order valence-corrected chi connectivity index (χ3v) is 8.91. The molecule has 182 valence electrons. The Morgan fingerprint density at radius 3 is 2.46 bits per heavy atom. The Hall–Kier alpha value is -2.36. The fourth-order valence-electron chi connectivity index (χ4n) is 4.43. The Morgan fingerprint density at radius 1 is 1.00 bits per heavy atom. The minimum Gasteiger partial charge on any atom is -0.495 e. The quantitative estimate of drug-likeness (QED) is 0.300. The van der Waals surface area contributed by atoms with Crippen LogP contribution in [0.4, 0.5) is 0 Å². The number of halogens is 3. The van der Waals surface area contributed by atoms with Gasteiger partial charge in [-0.05, 0) is 61.4 Å². The Kier molecular flexibility index (Phi) is 6.67. The second-order valence-corrected chi connectivity index (χ2v) is 11.4. The van der Waals surface area contributed by atoms with E-state index in [1.165, 1.54) is 23.5 Å². The van der Waals surface area contributed by atoms with E-state index < -0.39 is 10.0 Å². The van der Waals surface area contributed by atoms with Gasteiger partial charge in [0.2, 0.25) is 10.0 Å². The Morgan fingerprint density at radius 2 is 1.77 bits per heavy atom. The van der Waals surface area contributed by atoms with Crippen molar-refractivity contribution in [2.24, 2.45) is 0 Å². The summed E-state index contributed by atoms with van der Waals surface area (Å²) < 4.78 is 35.2. The maximum absolute atomic E-state index is 13.3. The van der Waals surface area contributed by atoms with Gasteiger partial charge in [-0.3, -0.25) is 0 Å². The number of hydrogen-bond acceptors (Lipinski definition) is 5. The molecular weight excluding hydrogens is 531 g/mol. The third-order valence-electron chi connectivity index (χ3n) is 6.17. The topological polar surface area (TPSA) is 77.3 Å². The normalized spacial score (nSPS) is 15.5. The summed E-state index contributed by atoms with van der Waals surface area (Å²) in [7, 11) is -2.21. The molecule has 0 bridgehead atoms. The van der Waals surface area contributed by atoms with E-state index in [4.69, 9.17) is 44.5 Å². The molecule has 0 amide bonds. The van der Waals surface area contributed by atoms with Crippen LogP contribution in [0.15, 0.2) is 59.6 Å². The Bertz CT molecular complexity index is 1520. The second kappa shape index (κ2) is 9.59. The van der Waals surface area contributed by atoms with Crippen molar-refractivity contribution in [1.82, 2.24) is 18.8 Å². The van der Waals surface area contributed by atoms with Crippen molar-refractivity contribution in [3.63, 3.8) is 0 Å². The monoisotopic (exact) mass is 550 g/mol. The molecule has 35 heavy (non-hydrogen) atoms. The zero-order chi connectivity index (χ0) is 24.7. The van der Waals surface area contributed by atoms with Crippen molar-refractivity contribution in [2.75, 3.05) is 20.2 Å². The predicted octanol–water partition coefficient (Wildman–Crippen LogP) is 6.09. The molecule has 1 aliphatic rings. The van der Waals surface area contributed by atoms with E-state index in [1.54, 1.807) is 24.4 Å². The van der Waals surface area contributed by atoms with Crippen LogP contribution in [0.25, 0.3) is 22.6 Å². The van der Waals surface area contributed by atoms with Crippen molar-refractivity contribution in [3.05, 3.63) is 69.8 Å². The fourth-order valence-corrected chi connectivity index (χ4v) is 6.75. The van der Waals surface area contributed by atoms with Gasteiger partial charge in [-0.25, -0.2) is 18.4 Å². The van der Waals surface area contributed by atoms with Gasteiger partial charge in [-0.2, -0.15) is 4.31 Å². The molecule has 3 heterocycles. The lowest BCUT2D eigenvalue weighted by Crippen LogP contribution is -2.39. The molecule has 7 nitrogen and oxygen atoms in total. The van der Waals surface area contributed by atoms with E-state index >= 15 is 0 Å². The number of nitrogens with zero attached hydrogens (tertiary/aromatic N) is 4. The molecule has 5 rings (SSSR count). The minimum absolute atomic E-state index is 0.0115. The zero-order valence-electron chi connectivity index (χ0n) is 18.7. The second-order valence-electron chi connectivity index (χ2n) is 8.21. The summed E-state index contributed by atoms with van der Waals surface area (Å²) in [5.74, 6) is 1.11. The van der Waals surface area contributed by atoms with Crippen molar-refractivity contribution in [2.45, 2.75) is 23.8 Å². The summed E-state index contributed by atoms with van der Waals surface area (Å²) in [6.07, 6.45) is 2.90. The number of aromatic nitrogens is 3. The molecule has 2 aromatic heterocycles. The van der Waals surface area contributed by atoms with E-state index in [9.17, 15) is 8.42 Å². The smallest absolute Gasteiger partial charge is 0.243 e. The van der Waals surface area contributed by atoms with Gasteiger partial charge < -0.3 is 9.30 Å². The Balaban J connectivity index is 1.46. The Labute approximate surface area is 218 Å². The molecule has 0 unspecified atom stereocenters. The maximum atomic E-state index is 13.3. The van der Waals surface area contributed by atoms with Crippen LogP contribution >= 0.6 is 34.8 Å². The molecule has 1 fully saturated rings. The van der Waals surface area contributed by atoms with Crippen LogP contribution in [0.3, 0.4) is 0 Å². The molecule has 1 saturated heterocycles. The number of imidazole rings is 1. The van der Waals surface area contributed by atoms with E-state index in [-0.39, 0.29) is 16.0 Å². The molecule has 0 radical (unpaired) electrons. The number of methoxy groups -OCH3 is 1. The van der Waals surface area contributed by atoms with Crippen LogP contribution in [-0.2, 0) is 10.0 Å². The highest BCUT2D eigenvalue weighted by Gasteiger charge is 2.32. The van der Waals surface area contributed by atoms with Crippen LogP contribution in [0.2, 0.25) is 15.1 Å². The highest BCUT2D eigenvalue weighted by Crippen LogP contribution is 2.37. The summed E-state index contributed by atoms with van der Waals surface area (Å²) in [5.41, 5.74) is 2.23. The fraction of sp³-hybridized carbons (Fsp3) is 0.250. The van der Waals surface area contributed by atoms with Crippen LogP contribution < -0.4 is 4.74 Å². The first kappa shape index (κ1) is 24.3. The first-order chi connectivity index (χ1) is 16.8. The number of benzene rings is 2. The lowest BCUT2D eigenvalue weighted by atomic mass is 10.1. The number of piperidine rings is 1. The summed E-state index contributed by atoms with van der Waals surface area (Å²) in [6, 6.07) is 13.5. The number of fused-ring (bicyclic) bond motifs is 1. The molecule has 2 aromatic carbocycles. The van der Waals surface area contributed by atoms with Gasteiger partial charge in [0.25, 0.3) is 0 Å². The maximum Gasteiger partial charge on any atom is 0.243 e. The number of sulfonamides is 1. The molecule has 0 spiro atoms. The van der Waals surface area contributed by atoms with Gasteiger partial charge in [-0.15, -0.1) is 0 Å². The largest absolute Gasteiger partial charge is 0.495 e. The van der Waals surface area contributed by atoms with E-state index in [0.29, 0.717) is 47.6 Å². The molecule has 11 heteroatoms. The van der Waals surface area contributed by atoms with Crippen molar-refractivity contribution < 1.29 is 13.2 Å². The molecule has 1 aliphatic heterocycles. The molecule has 0 aliphatic carbocycles. The molecule has 0 saturated carbocycles. The van der Waals surface area contributed by atoms with E-state index in [0.717, 1.165) is 16.7 Å². The number of rotatable bonds is 5. The highest BCUT2D eigenvalue weighted by atomic mass is 35.5. The van der Waals surface area contributed by atoms with Gasteiger partial charge in [0.15, 0.2) is 5.65 Å². The third kappa shape index (κ3) is 4.49. The standard InChI is InChI=1S/C24H21Cl3N4O3S/c1-34-22-7-5-17(14-20(22)27)35(32,33)30-11-8-16(9-12-30)31-23(18-6-4-15(25)13-19(18)26)29-21-3-2-10-28-24(21)31/h2-7,10,13-14,16H,8-9,11-12H2,1H3. The van der Waals surface area contributed by atoms with Gasteiger partial charge >= 0.3 is 0 Å². The van der Waals surface area contributed by atoms with Crippen LogP contribution in [0.1, 0.15) is 18.9 Å². The number of ether oxygens (including phenoxy) is 1. The van der Waals surface area contributed by atoms with Gasteiger partial charge in [-0.1, -0.05) is 34.8 Å². The minimum atomic E-state index is -3.70. The summed E-state index contributed by atoms with van der Waals surface area (Å²) in [5, 5.41) is 1.28. The van der Waals surface area contributed by atoms with Gasteiger partial charge in [0.1, 0.15) is 17.1 Å². The zero-order valence-corrected chi connectivity index (χ0v) is 21.7. The molecule has 0 atom stereocenters. The molecular formula is C24H21Cl3N4O3S. The lowest BCUT2D eigenvalue weighted by Gasteiger charge is -2.32. The SMILES string of the molecule is COc1ccc(S(=O)(=O)N2CCC(n3c(-c4ccc(Cl)cc4Cl)nc4cccnc43)CC2)cc1Cl. The van der Waals surface area contributed by atoms with Gasteiger partial charge in [0, 0.05) is 35.9 Å². The van der Waals surface area contributed by atoms with Crippen molar-refractivity contribution in [1.29, 1.82) is 0 Å². The lowest BCUT2D eigenvalue weighted by molar-refractivity contribution is 0.278. The van der Waals surface area contributed by atoms with Crippen molar-refractivity contribution in [3.8, 4) is 17.1 Å². The molecule has 4 aromatic rings. The summed E-state index contributed by atoms with van der Waals surface area (Å²) in [6.45, 7) is 0.688. The number of pyridine rings is 1. The molecule has 0 N–H and O–H groups in total. The predicted molar refractivity (Wildman–Crippen MR) is 138 cm³/mol. The summed E-state index contributed by atoms with van der Waals surface area (Å²) >= 11 is 18.8. The van der Waals surface area contributed by atoms with E-state index in [1.807, 2.05) is 18.2 Å².